The molecular formula is C19H18F3N3O2. The van der Waals surface area contributed by atoms with Crippen LogP contribution in [0.15, 0.2) is 36.4 Å². The first kappa shape index (κ1) is 18.8. The SMILES string of the molecule is N=Cc1c(N)ccc(C2CC2)c1CNC(=O)c1ccc(OC(F)(F)F)cc1. The molecule has 1 fully saturated rings. The third-order valence-electron chi connectivity index (χ3n) is 4.36. The van der Waals surface area contributed by atoms with E-state index < -0.39 is 18.0 Å². The van der Waals surface area contributed by atoms with Crippen molar-refractivity contribution in [3.8, 4) is 5.75 Å². The van der Waals surface area contributed by atoms with Gasteiger partial charge in [-0.3, -0.25) is 4.79 Å². The number of ether oxygens (including phenoxy) is 1. The van der Waals surface area contributed by atoms with E-state index in [0.717, 1.165) is 36.1 Å². The number of halogens is 3. The Balaban J connectivity index is 1.72. The molecule has 142 valence electrons. The predicted octanol–water partition coefficient (Wildman–Crippen LogP) is 3.97. The van der Waals surface area contributed by atoms with E-state index in [4.69, 9.17) is 11.1 Å². The third kappa shape index (κ3) is 4.58. The number of amides is 1. The molecule has 0 radical (unpaired) electrons. The normalized spacial score (nSPS) is 13.9. The van der Waals surface area contributed by atoms with E-state index in [9.17, 15) is 18.0 Å². The first-order valence-corrected chi connectivity index (χ1v) is 8.34. The summed E-state index contributed by atoms with van der Waals surface area (Å²) in [5.74, 6) is -0.416. The lowest BCUT2D eigenvalue weighted by atomic mass is 9.96. The van der Waals surface area contributed by atoms with E-state index in [1.165, 1.54) is 18.3 Å². The summed E-state index contributed by atoms with van der Waals surface area (Å²) < 4.78 is 40.4. The van der Waals surface area contributed by atoms with Crippen molar-refractivity contribution in [2.24, 2.45) is 0 Å². The molecule has 0 heterocycles. The smallest absolute Gasteiger partial charge is 0.406 e. The summed E-state index contributed by atoms with van der Waals surface area (Å²) in [6.07, 6.45) is -1.49. The van der Waals surface area contributed by atoms with Crippen LogP contribution in [0.3, 0.4) is 0 Å². The number of alkyl halides is 3. The highest BCUT2D eigenvalue weighted by Crippen LogP contribution is 2.43. The van der Waals surface area contributed by atoms with Crippen LogP contribution >= 0.6 is 0 Å². The summed E-state index contributed by atoms with van der Waals surface area (Å²) in [7, 11) is 0. The number of rotatable bonds is 6. The van der Waals surface area contributed by atoms with Gasteiger partial charge in [0, 0.05) is 29.6 Å². The van der Waals surface area contributed by atoms with Gasteiger partial charge >= 0.3 is 6.36 Å². The minimum absolute atomic E-state index is 0.182. The quantitative estimate of drug-likeness (QED) is 0.526. The minimum atomic E-state index is -4.78. The van der Waals surface area contributed by atoms with Crippen LogP contribution in [0, 0.1) is 5.41 Å². The summed E-state index contributed by atoms with van der Waals surface area (Å²) in [6.45, 7) is 0.182. The molecule has 27 heavy (non-hydrogen) atoms. The van der Waals surface area contributed by atoms with Gasteiger partial charge in [-0.25, -0.2) is 0 Å². The van der Waals surface area contributed by atoms with Crippen molar-refractivity contribution in [3.05, 3.63) is 58.7 Å². The zero-order valence-corrected chi connectivity index (χ0v) is 14.3. The van der Waals surface area contributed by atoms with Crippen molar-refractivity contribution >= 4 is 17.8 Å². The number of carbonyl (C=O) groups excluding carboxylic acids is 1. The molecule has 0 aliphatic heterocycles. The maximum Gasteiger partial charge on any atom is 0.573 e. The highest BCUT2D eigenvalue weighted by atomic mass is 19.4. The molecule has 4 N–H and O–H groups in total. The third-order valence-corrected chi connectivity index (χ3v) is 4.36. The van der Waals surface area contributed by atoms with Gasteiger partial charge < -0.3 is 21.2 Å². The second-order valence-corrected chi connectivity index (χ2v) is 6.31. The van der Waals surface area contributed by atoms with Crippen LogP contribution < -0.4 is 15.8 Å². The molecule has 2 aromatic carbocycles. The molecule has 1 aliphatic carbocycles. The van der Waals surface area contributed by atoms with Gasteiger partial charge in [0.15, 0.2) is 0 Å². The Morgan fingerprint density at radius 1 is 1.22 bits per heavy atom. The lowest BCUT2D eigenvalue weighted by Crippen LogP contribution is -2.24. The fourth-order valence-corrected chi connectivity index (χ4v) is 2.92. The maximum atomic E-state index is 12.3. The van der Waals surface area contributed by atoms with Crippen molar-refractivity contribution in [2.75, 3.05) is 5.73 Å². The van der Waals surface area contributed by atoms with Crippen molar-refractivity contribution in [3.63, 3.8) is 0 Å². The zero-order valence-electron chi connectivity index (χ0n) is 14.3. The molecule has 0 unspecified atom stereocenters. The molecule has 1 saturated carbocycles. The monoisotopic (exact) mass is 377 g/mol. The topological polar surface area (TPSA) is 88.2 Å². The largest absolute Gasteiger partial charge is 0.573 e. The first-order valence-electron chi connectivity index (χ1n) is 8.34. The fraction of sp³-hybridized carbons (Fsp3) is 0.263. The molecule has 0 aromatic heterocycles. The van der Waals surface area contributed by atoms with Gasteiger partial charge in [0.1, 0.15) is 5.75 Å². The van der Waals surface area contributed by atoms with Crippen LogP contribution in [-0.4, -0.2) is 18.5 Å². The molecule has 5 nitrogen and oxygen atoms in total. The number of hydrogen-bond donors (Lipinski definition) is 3. The molecule has 0 atom stereocenters. The maximum absolute atomic E-state index is 12.3. The molecule has 0 saturated heterocycles. The average molecular weight is 377 g/mol. The highest BCUT2D eigenvalue weighted by Gasteiger charge is 2.31. The average Bonchev–Trinajstić information content (AvgIpc) is 3.44. The molecule has 0 spiro atoms. The van der Waals surface area contributed by atoms with Crippen LogP contribution in [0.5, 0.6) is 5.75 Å². The minimum Gasteiger partial charge on any atom is -0.406 e. The summed E-state index contributed by atoms with van der Waals surface area (Å²) in [6, 6.07) is 8.37. The van der Waals surface area contributed by atoms with E-state index in [2.05, 4.69) is 10.1 Å². The highest BCUT2D eigenvalue weighted by molar-refractivity contribution is 5.94. The number of carbonyl (C=O) groups is 1. The fourth-order valence-electron chi connectivity index (χ4n) is 2.92. The Morgan fingerprint density at radius 3 is 2.44 bits per heavy atom. The number of nitrogens with one attached hydrogen (secondary N) is 2. The van der Waals surface area contributed by atoms with Gasteiger partial charge in [0.25, 0.3) is 5.91 Å². The first-order chi connectivity index (χ1) is 12.8. The standard InChI is InChI=1S/C19H18F3N3O2/c20-19(21,22)27-13-5-3-12(4-6-13)18(26)25-10-16-14(11-1-2-11)7-8-17(24)15(16)9-23/h3-9,11,23H,1-2,10,24H2,(H,25,26). The Kier molecular flexibility index (Phi) is 5.07. The number of nitrogens with two attached hydrogens (primary N) is 1. The Labute approximate surface area is 153 Å². The van der Waals surface area contributed by atoms with Crippen LogP contribution in [0.4, 0.5) is 18.9 Å². The summed E-state index contributed by atoms with van der Waals surface area (Å²) in [5, 5.41) is 10.4. The Morgan fingerprint density at radius 2 is 1.89 bits per heavy atom. The van der Waals surface area contributed by atoms with Gasteiger partial charge in [0.05, 0.1) is 0 Å². The summed E-state index contributed by atoms with van der Waals surface area (Å²) in [5.41, 5.74) is 9.06. The second-order valence-electron chi connectivity index (χ2n) is 6.31. The summed E-state index contributed by atoms with van der Waals surface area (Å²) in [4.78, 5) is 12.3. The number of anilines is 1. The van der Waals surface area contributed by atoms with Gasteiger partial charge in [-0.2, -0.15) is 0 Å². The van der Waals surface area contributed by atoms with Gasteiger partial charge in [0.2, 0.25) is 0 Å². The van der Waals surface area contributed by atoms with Crippen molar-refractivity contribution in [1.29, 1.82) is 5.41 Å². The molecule has 8 heteroatoms. The van der Waals surface area contributed by atoms with Crippen molar-refractivity contribution in [1.82, 2.24) is 5.32 Å². The van der Waals surface area contributed by atoms with Crippen molar-refractivity contribution < 1.29 is 22.7 Å². The van der Waals surface area contributed by atoms with E-state index >= 15 is 0 Å². The van der Waals surface area contributed by atoms with Crippen LogP contribution in [-0.2, 0) is 6.54 Å². The number of hydrogen-bond acceptors (Lipinski definition) is 4. The lowest BCUT2D eigenvalue weighted by molar-refractivity contribution is -0.274. The van der Waals surface area contributed by atoms with Crippen LogP contribution in [0.2, 0.25) is 0 Å². The van der Waals surface area contributed by atoms with Crippen molar-refractivity contribution in [2.45, 2.75) is 31.7 Å². The Hall–Kier alpha value is -3.03. The molecule has 3 rings (SSSR count). The Bertz CT molecular complexity index is 860. The van der Waals surface area contributed by atoms with Gasteiger partial charge in [-0.1, -0.05) is 6.07 Å². The van der Waals surface area contributed by atoms with Crippen LogP contribution in [0.1, 0.15) is 45.8 Å². The molecule has 1 amide bonds. The predicted molar refractivity (Wildman–Crippen MR) is 95.0 cm³/mol. The molecule has 0 bridgehead atoms. The van der Waals surface area contributed by atoms with E-state index in [1.807, 2.05) is 6.07 Å². The second kappa shape index (κ2) is 7.30. The van der Waals surface area contributed by atoms with Gasteiger partial charge in [-0.15, -0.1) is 13.2 Å². The van der Waals surface area contributed by atoms with Gasteiger partial charge in [-0.05, 0) is 60.2 Å². The molecule has 1 aliphatic rings. The molecular weight excluding hydrogens is 359 g/mol. The van der Waals surface area contributed by atoms with E-state index in [-0.39, 0.29) is 12.1 Å². The van der Waals surface area contributed by atoms with E-state index in [1.54, 1.807) is 6.07 Å². The zero-order chi connectivity index (χ0) is 19.6. The van der Waals surface area contributed by atoms with Crippen LogP contribution in [0.25, 0.3) is 0 Å². The lowest BCUT2D eigenvalue weighted by Gasteiger charge is -2.15. The summed E-state index contributed by atoms with van der Waals surface area (Å²) >= 11 is 0. The van der Waals surface area contributed by atoms with E-state index in [0.29, 0.717) is 17.2 Å². The molecule has 2 aromatic rings. The number of benzene rings is 2. The number of nitrogen functional groups attached to an aromatic ring is 1.